The molecule has 0 saturated carbocycles. The van der Waals surface area contributed by atoms with E-state index in [2.05, 4.69) is 42.2 Å². The van der Waals surface area contributed by atoms with Gasteiger partial charge in [-0.1, -0.05) is 18.2 Å². The number of hydrogen-bond donors (Lipinski definition) is 1. The van der Waals surface area contributed by atoms with Gasteiger partial charge in [0.25, 0.3) is 11.4 Å². The predicted molar refractivity (Wildman–Crippen MR) is 283 cm³/mol. The van der Waals surface area contributed by atoms with Crippen molar-refractivity contribution in [3.8, 4) is 28.7 Å². The number of nitro groups is 2. The van der Waals surface area contributed by atoms with Crippen molar-refractivity contribution in [2.45, 2.75) is 12.8 Å². The Labute approximate surface area is 440 Å². The van der Waals surface area contributed by atoms with Crippen LogP contribution in [0.25, 0.3) is 6.08 Å². The Morgan fingerprint density at radius 1 is 0.696 bits per heavy atom. The first-order chi connectivity index (χ1) is 32.7. The van der Waals surface area contributed by atoms with Crippen molar-refractivity contribution in [1.29, 1.82) is 0 Å². The zero-order chi connectivity index (χ0) is 49.8. The molecule has 0 fully saturated rings. The highest BCUT2D eigenvalue weighted by Crippen LogP contribution is 2.33. The van der Waals surface area contributed by atoms with E-state index >= 15 is 0 Å². The van der Waals surface area contributed by atoms with Gasteiger partial charge in [0.2, 0.25) is 5.90 Å². The first-order valence-corrected chi connectivity index (χ1v) is 27.1. The maximum Gasteiger partial charge on any atom is 0.363 e. The maximum absolute atomic E-state index is 12.2. The van der Waals surface area contributed by atoms with Crippen molar-refractivity contribution in [1.82, 2.24) is 0 Å². The Hall–Kier alpha value is -6.37. The van der Waals surface area contributed by atoms with Gasteiger partial charge in [-0.15, -0.1) is 46.7 Å². The lowest BCUT2D eigenvalue weighted by Gasteiger charge is -2.09. The Morgan fingerprint density at radius 2 is 1.20 bits per heavy atom. The summed E-state index contributed by atoms with van der Waals surface area (Å²) in [5, 5.41) is 33.1. The summed E-state index contributed by atoms with van der Waals surface area (Å²) in [5.41, 5.74) is 1.14. The maximum atomic E-state index is 12.2. The number of hydrogen-bond acceptors (Lipinski definition) is 18. The molecule has 1 aliphatic rings. The minimum absolute atomic E-state index is 0. The van der Waals surface area contributed by atoms with Crippen LogP contribution in [0.1, 0.15) is 53.7 Å². The average Bonchev–Trinajstić information content (AvgIpc) is 4.17. The van der Waals surface area contributed by atoms with Gasteiger partial charge in [-0.05, 0) is 83.1 Å². The monoisotopic (exact) mass is 1320 g/mol. The number of esters is 3. The molecule has 6 aromatic rings. The van der Waals surface area contributed by atoms with Crippen LogP contribution in [0.2, 0.25) is 0 Å². The lowest BCUT2D eigenvalue weighted by molar-refractivity contribution is -0.385. The summed E-state index contributed by atoms with van der Waals surface area (Å²) in [6.45, 7) is 0. The smallest absolute Gasteiger partial charge is 0.363 e. The standard InChI is InChI=1S/C22H14N2O7S.C13H12O4S.C10H9NO5.I2.HI/c1-29-18-12-13(4-9-17(18)30-22(26)19-3-2-10-32-19)11-16-21(25)31-20(23-16)14-5-7-15(8-6-14)24(27)28;1-15-9-5-6-10(11(8-9)16-2)17-13(14)12-4-3-7-18-12;12-9(5-6-10(13)14)7-1-3-8(4-2-7)11(15)16;1-2;/h2-12H,1H3;3-8H,1-2H3;1-4H,5-6H2,(H,13,14);;1H/b16-11+;;;;. The molecule has 7 rings (SSSR count). The highest BCUT2D eigenvalue weighted by Gasteiger charge is 2.25. The highest BCUT2D eigenvalue weighted by molar-refractivity contribution is 15.0. The highest BCUT2D eigenvalue weighted by atomic mass is 128. The molecule has 3 heterocycles. The zero-order valence-electron chi connectivity index (χ0n) is 35.9. The third-order valence-corrected chi connectivity index (χ3v) is 10.3. The number of ketones is 1. The van der Waals surface area contributed by atoms with Crippen LogP contribution in [-0.4, -0.2) is 71.8 Å². The van der Waals surface area contributed by atoms with Crippen LogP contribution < -0.4 is 23.7 Å². The minimum atomic E-state index is -1.05. The number of rotatable bonds is 15. The van der Waals surface area contributed by atoms with Gasteiger partial charge in [-0.25, -0.2) is 19.4 Å². The molecule has 0 amide bonds. The summed E-state index contributed by atoms with van der Waals surface area (Å²) < 4.78 is 31.4. The van der Waals surface area contributed by atoms with Crippen LogP contribution in [-0.2, 0) is 14.3 Å². The van der Waals surface area contributed by atoms with Gasteiger partial charge in [0, 0.05) is 85.1 Å². The second-order valence-electron chi connectivity index (χ2n) is 12.9. The van der Waals surface area contributed by atoms with Crippen LogP contribution in [0.15, 0.2) is 131 Å². The SMILES string of the molecule is COc1cc(/C=C2/N=C(c3ccc([N+](=O)[O-])cc3)OC2=O)ccc1OC(=O)c1cccs1.COc1ccc(OC(=O)c2cccs2)c(OC)c1.I.II.O=C(O)CCC(=O)c1ccc([N+](=O)[O-])cc1. The number of Topliss-reactive ketones (excluding diaryl/α,β-unsaturated/α-hetero) is 1. The number of nitro benzene ring substituents is 2. The summed E-state index contributed by atoms with van der Waals surface area (Å²) in [5.74, 6) is -0.886. The summed E-state index contributed by atoms with van der Waals surface area (Å²) in [7, 11) is 4.51. The van der Waals surface area contributed by atoms with Crippen LogP contribution in [0.3, 0.4) is 0 Å². The van der Waals surface area contributed by atoms with Crippen molar-refractivity contribution in [3.63, 3.8) is 0 Å². The van der Waals surface area contributed by atoms with E-state index in [1.165, 1.54) is 91.5 Å². The second kappa shape index (κ2) is 28.8. The Morgan fingerprint density at radius 3 is 1.67 bits per heavy atom. The van der Waals surface area contributed by atoms with Crippen LogP contribution >= 0.6 is 83.9 Å². The Balaban J connectivity index is 0.000000290. The number of cyclic esters (lactones) is 1. The summed E-state index contributed by atoms with van der Waals surface area (Å²) in [6, 6.07) is 27.3. The third-order valence-electron chi connectivity index (χ3n) is 8.62. The number of aliphatic carboxylic acids is 1. The largest absolute Gasteiger partial charge is 0.497 e. The number of benzene rings is 4. The molecule has 360 valence electrons. The van der Waals surface area contributed by atoms with Gasteiger partial charge in [0.15, 0.2) is 34.5 Å². The van der Waals surface area contributed by atoms with Crippen molar-refractivity contribution >= 4 is 137 Å². The lowest BCUT2D eigenvalue weighted by Crippen LogP contribution is -2.07. The van der Waals surface area contributed by atoms with Gasteiger partial charge in [-0.3, -0.25) is 29.8 Å². The first-order valence-electron chi connectivity index (χ1n) is 19.0. The molecule has 1 N–H and O–H groups in total. The fourth-order valence-electron chi connectivity index (χ4n) is 5.36. The van der Waals surface area contributed by atoms with Crippen molar-refractivity contribution < 1.29 is 67.3 Å². The minimum Gasteiger partial charge on any atom is -0.497 e. The molecular weight excluding hydrogens is 1280 g/mol. The number of carboxylic acid groups (broad SMARTS) is 1. The Bertz CT molecular complexity index is 2800. The van der Waals surface area contributed by atoms with Crippen LogP contribution in [0.5, 0.6) is 28.7 Å². The molecule has 0 radical (unpaired) electrons. The molecule has 4 aromatic carbocycles. The summed E-state index contributed by atoms with van der Waals surface area (Å²) in [4.78, 5) is 83.1. The number of carboxylic acids is 1. The van der Waals surface area contributed by atoms with Crippen LogP contribution in [0.4, 0.5) is 11.4 Å². The normalized spacial score (nSPS) is 11.5. The van der Waals surface area contributed by atoms with E-state index in [1.54, 1.807) is 73.2 Å². The summed E-state index contributed by atoms with van der Waals surface area (Å²) >= 11 is 6.84. The second-order valence-corrected chi connectivity index (χ2v) is 14.8. The molecule has 69 heavy (non-hydrogen) atoms. The van der Waals surface area contributed by atoms with E-state index in [9.17, 15) is 44.2 Å². The van der Waals surface area contributed by atoms with E-state index in [-0.39, 0.29) is 76.9 Å². The Kier molecular flexibility index (Phi) is 23.8. The molecule has 0 bridgehead atoms. The molecule has 1 aliphatic heterocycles. The average molecular weight is 1320 g/mol. The molecule has 0 spiro atoms. The van der Waals surface area contributed by atoms with Gasteiger partial charge < -0.3 is 33.5 Å². The molecule has 2 aromatic heterocycles. The molecular formula is C45H36I3N3O16S2. The van der Waals surface area contributed by atoms with Crippen molar-refractivity contribution in [3.05, 3.63) is 172 Å². The number of non-ortho nitro benzene ring substituents is 2. The predicted octanol–water partition coefficient (Wildman–Crippen LogP) is 11.2. The molecule has 0 saturated heterocycles. The number of thiophene rings is 2. The third kappa shape index (κ3) is 17.3. The lowest BCUT2D eigenvalue weighted by atomic mass is 10.1. The quantitative estimate of drug-likeness (QED) is 0.0191. The molecule has 0 atom stereocenters. The van der Waals surface area contributed by atoms with E-state index in [0.29, 0.717) is 43.9 Å². The number of methoxy groups -OCH3 is 3. The van der Waals surface area contributed by atoms with Gasteiger partial charge in [0.05, 0.1) is 37.6 Å². The van der Waals surface area contributed by atoms with E-state index < -0.39 is 33.7 Å². The number of aliphatic imine (C=N–C) groups is 1. The number of halogens is 3. The van der Waals surface area contributed by atoms with E-state index in [4.69, 9.17) is 33.5 Å². The number of carbonyl (C=O) groups is 5. The van der Waals surface area contributed by atoms with Gasteiger partial charge >= 0.3 is 23.9 Å². The van der Waals surface area contributed by atoms with Gasteiger partial charge in [-0.2, -0.15) is 0 Å². The number of nitrogens with zero attached hydrogens (tertiary/aromatic N) is 3. The molecule has 0 aliphatic carbocycles. The topological polar surface area (TPSA) is 260 Å². The molecule has 19 nitrogen and oxygen atoms in total. The van der Waals surface area contributed by atoms with Crippen LogP contribution in [0, 0.1) is 20.2 Å². The number of carbonyl (C=O) groups excluding carboxylic acids is 4. The summed E-state index contributed by atoms with van der Waals surface area (Å²) in [6.07, 6.45) is 1.15. The van der Waals surface area contributed by atoms with Crippen molar-refractivity contribution in [2.75, 3.05) is 21.3 Å². The zero-order valence-corrected chi connectivity index (χ0v) is 44.2. The van der Waals surface area contributed by atoms with Gasteiger partial charge in [0.1, 0.15) is 15.5 Å². The molecule has 24 heteroatoms. The van der Waals surface area contributed by atoms with E-state index in [1.807, 2.05) is 5.38 Å². The fraction of sp³-hybridized carbons (Fsp3) is 0.111. The van der Waals surface area contributed by atoms with Crippen molar-refractivity contribution in [2.24, 2.45) is 4.99 Å². The first kappa shape index (κ1) is 57.0. The van der Waals surface area contributed by atoms with E-state index in [0.717, 1.165) is 0 Å². The molecule has 0 unspecified atom stereocenters. The number of ether oxygens (including phenoxy) is 6. The fourth-order valence-corrected chi connectivity index (χ4v) is 6.55.